The molecule has 0 bridgehead atoms. The number of alkyl halides is 3. The maximum Gasteiger partial charge on any atom is 2.00 e. The van der Waals surface area contributed by atoms with Gasteiger partial charge in [0.15, 0.2) is 0 Å². The van der Waals surface area contributed by atoms with Crippen molar-refractivity contribution in [2.24, 2.45) is 0 Å². The monoisotopic (exact) mass is 668 g/mol. The van der Waals surface area contributed by atoms with Gasteiger partial charge < -0.3 is 28.1 Å². The number of carboxylic acids is 1. The minimum atomic E-state index is -4.54. The van der Waals surface area contributed by atoms with Crippen molar-refractivity contribution in [3.63, 3.8) is 0 Å². The third kappa shape index (κ3) is 9.19. The molecule has 0 radical (unpaired) electrons. The number of anilines is 1. The molecular weight excluding hydrogens is 632 g/mol. The molecular formula is C34H36CaF4N2O5. The summed E-state index contributed by atoms with van der Waals surface area (Å²) in [5.41, 5.74) is 2.42. The molecule has 4 aromatic rings. The van der Waals surface area contributed by atoms with E-state index in [9.17, 15) is 37.4 Å². The van der Waals surface area contributed by atoms with Crippen LogP contribution in [-0.4, -0.2) is 81.7 Å². The van der Waals surface area contributed by atoms with Crippen molar-refractivity contribution in [3.05, 3.63) is 102 Å². The number of aromatic nitrogens is 1. The van der Waals surface area contributed by atoms with Crippen LogP contribution in [0.3, 0.4) is 0 Å². The summed E-state index contributed by atoms with van der Waals surface area (Å²) in [7, 11) is 0. The van der Waals surface area contributed by atoms with Crippen molar-refractivity contribution in [1.29, 1.82) is 0 Å². The summed E-state index contributed by atoms with van der Waals surface area (Å²) in [6, 6.07) is 18.8. The minimum Gasteiger partial charge on any atom is -1.00 e. The SMILES string of the molecule is CC(C)c1c(C(=O)Nc2ccc(C(F)(F)F)cc2)c(-c2ccccc2)c(-c2ccc(F)cc2)n1CC[C@@H](O)C[C@@H](O)CC(=O)O.[Ca+2].[H-].[H-]. The number of carboxylic acid groups (broad SMARTS) is 1. The van der Waals surface area contributed by atoms with Crippen molar-refractivity contribution >= 4 is 55.3 Å². The molecule has 0 aliphatic heterocycles. The van der Waals surface area contributed by atoms with Crippen molar-refractivity contribution in [2.75, 3.05) is 5.32 Å². The van der Waals surface area contributed by atoms with Gasteiger partial charge in [-0.25, -0.2) is 4.39 Å². The zero-order chi connectivity index (χ0) is 32.9. The molecule has 1 aromatic heterocycles. The first-order chi connectivity index (χ1) is 21.3. The first kappa shape index (κ1) is 37.2. The number of hydrogen-bond acceptors (Lipinski definition) is 4. The number of carbonyl (C=O) groups excluding carboxylic acids is 1. The largest absolute Gasteiger partial charge is 2.00 e. The van der Waals surface area contributed by atoms with Crippen LogP contribution in [0, 0.1) is 5.82 Å². The van der Waals surface area contributed by atoms with Gasteiger partial charge in [-0.1, -0.05) is 44.2 Å². The van der Waals surface area contributed by atoms with Crippen LogP contribution in [0.25, 0.3) is 22.4 Å². The van der Waals surface area contributed by atoms with Gasteiger partial charge in [-0.3, -0.25) is 9.59 Å². The predicted molar refractivity (Wildman–Crippen MR) is 170 cm³/mol. The second-order valence-corrected chi connectivity index (χ2v) is 11.1. The van der Waals surface area contributed by atoms with E-state index in [-0.39, 0.29) is 77.1 Å². The Morgan fingerprint density at radius 1 is 0.891 bits per heavy atom. The number of nitrogens with zero attached hydrogens (tertiary/aromatic N) is 1. The van der Waals surface area contributed by atoms with E-state index in [1.807, 2.05) is 36.6 Å². The molecule has 4 N–H and O–H groups in total. The average molecular weight is 669 g/mol. The van der Waals surface area contributed by atoms with Crippen LogP contribution in [-0.2, 0) is 17.5 Å². The molecule has 0 aliphatic rings. The summed E-state index contributed by atoms with van der Waals surface area (Å²) in [4.78, 5) is 25.1. The van der Waals surface area contributed by atoms with Gasteiger partial charge in [-0.15, -0.1) is 0 Å². The van der Waals surface area contributed by atoms with Crippen LogP contribution < -0.4 is 5.32 Å². The zero-order valence-electron chi connectivity index (χ0n) is 27.4. The standard InChI is InChI=1S/C34H34F4N2O5.Ca.2H/c1-20(2)31-30(33(45)39-25-14-10-23(11-15-25)34(36,37)38)29(21-6-4-3-5-7-21)32(22-8-12-24(35)13-9-22)40(31)17-16-26(41)18-27(42)19-28(43)44;;;/h3-15,20,26-27,41-42H,16-19H2,1-2H3,(H,39,45)(H,43,44);;;/q;+2;2*-1/t26-,27-;;;/m1.../s1. The van der Waals surface area contributed by atoms with Gasteiger partial charge in [0.1, 0.15) is 5.82 Å². The second-order valence-electron chi connectivity index (χ2n) is 11.1. The molecule has 12 heteroatoms. The van der Waals surface area contributed by atoms with E-state index in [1.165, 1.54) is 24.3 Å². The fourth-order valence-corrected chi connectivity index (χ4v) is 5.42. The number of benzene rings is 3. The molecule has 2 atom stereocenters. The normalized spacial score (nSPS) is 12.8. The third-order valence-corrected chi connectivity index (χ3v) is 7.37. The molecule has 0 unspecified atom stereocenters. The van der Waals surface area contributed by atoms with Gasteiger partial charge in [0.05, 0.1) is 35.4 Å². The number of aliphatic hydroxyl groups excluding tert-OH is 2. The van der Waals surface area contributed by atoms with E-state index >= 15 is 0 Å². The third-order valence-electron chi connectivity index (χ3n) is 7.37. The Morgan fingerprint density at radius 3 is 2.04 bits per heavy atom. The van der Waals surface area contributed by atoms with Gasteiger partial charge in [-0.2, -0.15) is 13.2 Å². The van der Waals surface area contributed by atoms with Gasteiger partial charge in [0.2, 0.25) is 0 Å². The average Bonchev–Trinajstić information content (AvgIpc) is 3.32. The van der Waals surface area contributed by atoms with Crippen LogP contribution in [0.2, 0.25) is 0 Å². The molecule has 7 nitrogen and oxygen atoms in total. The summed E-state index contributed by atoms with van der Waals surface area (Å²) in [5.74, 6) is -2.51. The Morgan fingerprint density at radius 2 is 1.50 bits per heavy atom. The van der Waals surface area contributed by atoms with Crippen molar-refractivity contribution in [2.45, 2.75) is 64.0 Å². The van der Waals surface area contributed by atoms with E-state index in [0.29, 0.717) is 28.1 Å². The number of hydrogen-bond donors (Lipinski definition) is 4. The number of rotatable bonds is 12. The Bertz CT molecular complexity index is 1630. The van der Waals surface area contributed by atoms with Crippen molar-refractivity contribution in [3.8, 4) is 22.4 Å². The van der Waals surface area contributed by atoms with Crippen LogP contribution in [0.4, 0.5) is 23.2 Å². The molecule has 0 saturated carbocycles. The molecule has 0 spiro atoms. The molecule has 4 rings (SSSR count). The van der Waals surface area contributed by atoms with E-state index < -0.39 is 48.1 Å². The fraction of sp³-hybridized carbons (Fsp3) is 0.294. The number of aliphatic hydroxyl groups is 2. The van der Waals surface area contributed by atoms with Crippen LogP contribution >= 0.6 is 0 Å². The van der Waals surface area contributed by atoms with E-state index in [1.54, 1.807) is 24.3 Å². The summed E-state index contributed by atoms with van der Waals surface area (Å²) in [6.45, 7) is 3.89. The first-order valence-electron chi connectivity index (χ1n) is 14.4. The molecule has 242 valence electrons. The Balaban J connectivity index is 0.00000384. The molecule has 46 heavy (non-hydrogen) atoms. The quantitative estimate of drug-likeness (QED) is 0.0945. The molecule has 1 heterocycles. The van der Waals surface area contributed by atoms with Crippen LogP contribution in [0.1, 0.15) is 63.5 Å². The van der Waals surface area contributed by atoms with Gasteiger partial charge >= 0.3 is 49.9 Å². The molecule has 0 aliphatic carbocycles. The summed E-state index contributed by atoms with van der Waals surface area (Å²) in [6.07, 6.45) is -7.48. The summed E-state index contributed by atoms with van der Waals surface area (Å²) in [5, 5.41) is 32.5. The van der Waals surface area contributed by atoms with Crippen molar-refractivity contribution < 1.29 is 45.3 Å². The van der Waals surface area contributed by atoms with Crippen LogP contribution in [0.5, 0.6) is 0 Å². The molecule has 0 saturated heterocycles. The molecule has 1 amide bonds. The topological polar surface area (TPSA) is 112 Å². The van der Waals surface area contributed by atoms with Gasteiger partial charge in [0, 0.05) is 23.5 Å². The van der Waals surface area contributed by atoms with Crippen LogP contribution in [0.15, 0.2) is 78.9 Å². The maximum absolute atomic E-state index is 14.1. The predicted octanol–water partition coefficient (Wildman–Crippen LogP) is 7.18. The second kappa shape index (κ2) is 16.1. The van der Waals surface area contributed by atoms with E-state index in [0.717, 1.165) is 12.1 Å². The van der Waals surface area contributed by atoms with E-state index in [4.69, 9.17) is 5.11 Å². The maximum atomic E-state index is 14.1. The minimum absolute atomic E-state index is 0. The fourth-order valence-electron chi connectivity index (χ4n) is 5.42. The molecule has 3 aromatic carbocycles. The van der Waals surface area contributed by atoms with Gasteiger partial charge in [0.25, 0.3) is 5.91 Å². The van der Waals surface area contributed by atoms with Gasteiger partial charge in [-0.05, 0) is 78.4 Å². The number of carbonyl (C=O) groups is 2. The van der Waals surface area contributed by atoms with E-state index in [2.05, 4.69) is 5.32 Å². The van der Waals surface area contributed by atoms with Crippen molar-refractivity contribution in [1.82, 2.24) is 4.57 Å². The Kier molecular flexibility index (Phi) is 13.0. The number of aliphatic carboxylic acids is 1. The smallest absolute Gasteiger partial charge is 1.00 e. The summed E-state index contributed by atoms with van der Waals surface area (Å²) < 4.78 is 55.3. The Hall–Kier alpha value is -3.22. The number of amides is 1. The number of halogens is 4. The first-order valence-corrected chi connectivity index (χ1v) is 14.4. The zero-order valence-corrected chi connectivity index (χ0v) is 27.6. The summed E-state index contributed by atoms with van der Waals surface area (Å²) >= 11 is 0. The molecule has 0 fully saturated rings. The number of nitrogens with one attached hydrogen (secondary N) is 1. The Labute approximate surface area is 296 Å².